The highest BCUT2D eigenvalue weighted by Gasteiger charge is 2.37. The molecule has 1 heterocycles. The van der Waals surface area contributed by atoms with E-state index in [0.717, 1.165) is 16.0 Å². The number of amides is 5. The normalized spacial score (nSPS) is 14.6. The predicted octanol–water partition coefficient (Wildman–Crippen LogP) is 4.64. The number of barbiturate groups is 1. The van der Waals surface area contributed by atoms with Crippen molar-refractivity contribution in [3.05, 3.63) is 94.0 Å². The zero-order valence-corrected chi connectivity index (χ0v) is 20.3. The predicted molar refractivity (Wildman–Crippen MR) is 137 cm³/mol. The SMILES string of the molecule is Cc1cccc(NC(=O)COc2ccccc2/C=C2/C(=O)NC(=O)N(c3ccc(Cl)cc3)C2=O)c1C. The molecule has 0 bridgehead atoms. The number of benzene rings is 3. The molecule has 182 valence electrons. The van der Waals surface area contributed by atoms with E-state index in [-0.39, 0.29) is 29.5 Å². The summed E-state index contributed by atoms with van der Waals surface area (Å²) in [5.41, 5.74) is 3.08. The third kappa shape index (κ3) is 5.29. The van der Waals surface area contributed by atoms with Crippen LogP contribution in [0.1, 0.15) is 16.7 Å². The number of hydrogen-bond acceptors (Lipinski definition) is 5. The summed E-state index contributed by atoms with van der Waals surface area (Å²) in [6.45, 7) is 3.58. The minimum Gasteiger partial charge on any atom is -0.483 e. The Morgan fingerprint density at radius 3 is 2.47 bits per heavy atom. The Hall–Kier alpha value is -4.43. The molecule has 1 fully saturated rings. The summed E-state index contributed by atoms with van der Waals surface area (Å²) in [6.07, 6.45) is 1.32. The van der Waals surface area contributed by atoms with E-state index in [1.165, 1.54) is 30.3 Å². The molecular weight excluding hydrogens is 482 g/mol. The van der Waals surface area contributed by atoms with Gasteiger partial charge in [0.05, 0.1) is 5.69 Å². The number of nitrogens with zero attached hydrogens (tertiary/aromatic N) is 1. The molecule has 36 heavy (non-hydrogen) atoms. The van der Waals surface area contributed by atoms with E-state index < -0.39 is 17.8 Å². The van der Waals surface area contributed by atoms with Crippen molar-refractivity contribution in [2.45, 2.75) is 13.8 Å². The van der Waals surface area contributed by atoms with E-state index in [0.29, 0.717) is 16.3 Å². The van der Waals surface area contributed by atoms with Crippen LogP contribution in [0.15, 0.2) is 72.3 Å². The van der Waals surface area contributed by atoms with Crippen LogP contribution in [0.4, 0.5) is 16.2 Å². The summed E-state index contributed by atoms with van der Waals surface area (Å²) in [5, 5.41) is 5.42. The van der Waals surface area contributed by atoms with Crippen molar-refractivity contribution in [2.24, 2.45) is 0 Å². The van der Waals surface area contributed by atoms with Gasteiger partial charge in [0.25, 0.3) is 17.7 Å². The number of nitrogens with one attached hydrogen (secondary N) is 2. The van der Waals surface area contributed by atoms with Gasteiger partial charge in [-0.3, -0.25) is 19.7 Å². The highest BCUT2D eigenvalue weighted by Crippen LogP contribution is 2.26. The Labute approximate surface area is 212 Å². The van der Waals surface area contributed by atoms with E-state index in [1.54, 1.807) is 30.3 Å². The number of aryl methyl sites for hydroxylation is 1. The standard InChI is InChI=1S/C27H22ClN3O5/c1-16-6-5-8-22(17(16)2)29-24(32)15-36-23-9-4-3-7-18(23)14-21-25(33)30-27(35)31(26(21)34)20-12-10-19(28)11-13-20/h3-14H,15H2,1-2H3,(H,29,32)(H,30,33,35)/b21-14-. The Morgan fingerprint density at radius 2 is 1.72 bits per heavy atom. The van der Waals surface area contributed by atoms with Crippen LogP contribution in [0.5, 0.6) is 5.75 Å². The number of anilines is 2. The molecule has 4 rings (SSSR count). The highest BCUT2D eigenvalue weighted by molar-refractivity contribution is 6.39. The Bertz CT molecular complexity index is 1400. The molecule has 0 unspecified atom stereocenters. The maximum absolute atomic E-state index is 13.1. The molecule has 9 heteroatoms. The summed E-state index contributed by atoms with van der Waals surface area (Å²) in [7, 11) is 0. The third-order valence-electron chi connectivity index (χ3n) is 5.64. The molecule has 1 saturated heterocycles. The molecule has 5 amide bonds. The molecule has 3 aromatic rings. The summed E-state index contributed by atoms with van der Waals surface area (Å²) in [5.74, 6) is -1.71. The first-order chi connectivity index (χ1) is 17.2. The average Bonchev–Trinajstić information content (AvgIpc) is 2.85. The number of urea groups is 1. The van der Waals surface area contributed by atoms with Gasteiger partial charge in [-0.05, 0) is 67.4 Å². The van der Waals surface area contributed by atoms with Crippen LogP contribution in [0.3, 0.4) is 0 Å². The van der Waals surface area contributed by atoms with Crippen LogP contribution < -0.4 is 20.3 Å². The zero-order valence-electron chi connectivity index (χ0n) is 19.5. The number of ether oxygens (including phenoxy) is 1. The molecule has 0 atom stereocenters. The first kappa shape index (κ1) is 24.7. The number of carbonyl (C=O) groups is 4. The molecule has 0 aliphatic carbocycles. The van der Waals surface area contributed by atoms with Crippen LogP contribution >= 0.6 is 11.6 Å². The first-order valence-corrected chi connectivity index (χ1v) is 11.4. The fourth-order valence-electron chi connectivity index (χ4n) is 3.58. The van der Waals surface area contributed by atoms with Gasteiger partial charge in [-0.15, -0.1) is 0 Å². The fraction of sp³-hybridized carbons (Fsp3) is 0.111. The second-order valence-electron chi connectivity index (χ2n) is 8.06. The lowest BCUT2D eigenvalue weighted by molar-refractivity contribution is -0.122. The van der Waals surface area contributed by atoms with Crippen LogP contribution in [0.2, 0.25) is 5.02 Å². The third-order valence-corrected chi connectivity index (χ3v) is 5.89. The minimum atomic E-state index is -0.864. The van der Waals surface area contributed by atoms with Crippen molar-refractivity contribution < 1.29 is 23.9 Å². The second kappa shape index (κ2) is 10.5. The van der Waals surface area contributed by atoms with Crippen molar-refractivity contribution in [3.63, 3.8) is 0 Å². The number of halogens is 1. The van der Waals surface area contributed by atoms with E-state index in [4.69, 9.17) is 16.3 Å². The zero-order chi connectivity index (χ0) is 25.8. The van der Waals surface area contributed by atoms with Gasteiger partial charge < -0.3 is 10.1 Å². The van der Waals surface area contributed by atoms with Gasteiger partial charge in [0, 0.05) is 16.3 Å². The second-order valence-corrected chi connectivity index (χ2v) is 8.49. The molecule has 2 N–H and O–H groups in total. The van der Waals surface area contributed by atoms with Gasteiger partial charge in [-0.1, -0.05) is 41.9 Å². The van der Waals surface area contributed by atoms with Crippen molar-refractivity contribution in [2.75, 3.05) is 16.8 Å². The summed E-state index contributed by atoms with van der Waals surface area (Å²) >= 11 is 5.90. The number of imide groups is 2. The number of carbonyl (C=O) groups excluding carboxylic acids is 4. The van der Waals surface area contributed by atoms with Crippen molar-refractivity contribution in [3.8, 4) is 5.75 Å². The lowest BCUT2D eigenvalue weighted by atomic mass is 10.1. The number of rotatable bonds is 6. The monoisotopic (exact) mass is 503 g/mol. The lowest BCUT2D eigenvalue weighted by Gasteiger charge is -2.26. The van der Waals surface area contributed by atoms with Crippen LogP contribution in [-0.2, 0) is 14.4 Å². The molecule has 1 aliphatic heterocycles. The summed E-state index contributed by atoms with van der Waals surface area (Å²) in [4.78, 5) is 51.4. The number of hydrogen-bond donors (Lipinski definition) is 2. The number of para-hydroxylation sites is 1. The van der Waals surface area contributed by atoms with Crippen LogP contribution in [0.25, 0.3) is 6.08 Å². The topological polar surface area (TPSA) is 105 Å². The smallest absolute Gasteiger partial charge is 0.335 e. The van der Waals surface area contributed by atoms with Crippen molar-refractivity contribution in [1.82, 2.24) is 5.32 Å². The van der Waals surface area contributed by atoms with Gasteiger partial charge >= 0.3 is 6.03 Å². The Kier molecular flexibility index (Phi) is 7.17. The summed E-state index contributed by atoms with van der Waals surface area (Å²) < 4.78 is 5.70. The molecule has 1 aliphatic rings. The molecule has 0 aromatic heterocycles. The molecule has 0 radical (unpaired) electrons. The largest absolute Gasteiger partial charge is 0.483 e. The molecule has 0 spiro atoms. The van der Waals surface area contributed by atoms with E-state index in [1.807, 2.05) is 26.0 Å². The molecule has 8 nitrogen and oxygen atoms in total. The molecular formula is C27H22ClN3O5. The maximum Gasteiger partial charge on any atom is 0.335 e. The highest BCUT2D eigenvalue weighted by atomic mass is 35.5. The summed E-state index contributed by atoms with van der Waals surface area (Å²) in [6, 6.07) is 17.5. The molecule has 3 aromatic carbocycles. The maximum atomic E-state index is 13.1. The van der Waals surface area contributed by atoms with Gasteiger partial charge in [0.2, 0.25) is 0 Å². The van der Waals surface area contributed by atoms with Crippen molar-refractivity contribution >= 4 is 52.8 Å². The van der Waals surface area contributed by atoms with Gasteiger partial charge in [-0.25, -0.2) is 9.69 Å². The molecule has 0 saturated carbocycles. The van der Waals surface area contributed by atoms with Crippen molar-refractivity contribution in [1.29, 1.82) is 0 Å². The Morgan fingerprint density at radius 1 is 1.00 bits per heavy atom. The van der Waals surface area contributed by atoms with Gasteiger partial charge in [0.15, 0.2) is 6.61 Å². The quantitative estimate of drug-likeness (QED) is 0.376. The van der Waals surface area contributed by atoms with Gasteiger partial charge in [-0.2, -0.15) is 0 Å². The van der Waals surface area contributed by atoms with Crippen LogP contribution in [0, 0.1) is 13.8 Å². The average molecular weight is 504 g/mol. The van der Waals surface area contributed by atoms with Gasteiger partial charge in [0.1, 0.15) is 11.3 Å². The minimum absolute atomic E-state index is 0.257. The first-order valence-electron chi connectivity index (χ1n) is 11.0. The van der Waals surface area contributed by atoms with Crippen LogP contribution in [-0.4, -0.2) is 30.4 Å². The lowest BCUT2D eigenvalue weighted by Crippen LogP contribution is -2.54. The Balaban J connectivity index is 1.54. The fourth-order valence-corrected chi connectivity index (χ4v) is 3.71. The van der Waals surface area contributed by atoms with E-state index >= 15 is 0 Å². The van der Waals surface area contributed by atoms with E-state index in [2.05, 4.69) is 10.6 Å². The van der Waals surface area contributed by atoms with E-state index in [9.17, 15) is 19.2 Å².